The molecule has 0 saturated carbocycles. The van der Waals surface area contributed by atoms with Crippen molar-refractivity contribution in [3.63, 3.8) is 0 Å². The molecule has 2 rings (SSSR count). The van der Waals surface area contributed by atoms with E-state index < -0.39 is 35.9 Å². The fourth-order valence-electron chi connectivity index (χ4n) is 3.77. The Morgan fingerprint density at radius 1 is 0.974 bits per heavy atom. The minimum atomic E-state index is -4.88. The molecule has 38 heavy (non-hydrogen) atoms. The van der Waals surface area contributed by atoms with Crippen LogP contribution in [0, 0.1) is 0 Å². The number of halogens is 4. The van der Waals surface area contributed by atoms with Gasteiger partial charge >= 0.3 is 18.3 Å². The number of nitrogens with one attached hydrogen (secondary N) is 2. The molecule has 5 nitrogen and oxygen atoms in total. The summed E-state index contributed by atoms with van der Waals surface area (Å²) in [4.78, 5) is 11.5. The maximum absolute atomic E-state index is 13.3. The first kappa shape index (κ1) is 31.2. The topological polar surface area (TPSA) is 70.6 Å². The summed E-state index contributed by atoms with van der Waals surface area (Å²) in [5.74, 6) is -6.89. The number of carbonyl (C=O) groups excluding carboxylic acids is 1. The van der Waals surface area contributed by atoms with Gasteiger partial charge in [0.25, 0.3) is 0 Å². The Bertz CT molecular complexity index is 1100. The number of aromatic hydroxyl groups is 1. The summed E-state index contributed by atoms with van der Waals surface area (Å²) in [5.41, 5.74) is 2.16. The largest absolute Gasteiger partial charge is 0.506 e. The lowest BCUT2D eigenvalue weighted by atomic mass is 9.76. The van der Waals surface area contributed by atoms with E-state index in [1.54, 1.807) is 5.32 Å². The van der Waals surface area contributed by atoms with Crippen LogP contribution >= 0.6 is 0 Å². The highest BCUT2D eigenvalue weighted by Gasteiger charge is 2.49. The molecule has 9 heteroatoms. The molecule has 1 atom stereocenters. The number of rotatable bonds is 13. The minimum Gasteiger partial charge on any atom is -0.506 e. The van der Waals surface area contributed by atoms with Crippen molar-refractivity contribution in [3.8, 4) is 11.5 Å². The number of hydrogen-bond donors (Lipinski definition) is 3. The first-order valence-electron chi connectivity index (χ1n) is 13.0. The fraction of sp³-hybridized carbons (Fsp3) is 0.552. The molecule has 0 spiro atoms. The van der Waals surface area contributed by atoms with Crippen molar-refractivity contribution in [2.75, 3.05) is 10.6 Å². The Balaban J connectivity index is 2.32. The monoisotopic (exact) mass is 540 g/mol. The number of alkyl halides is 4. The molecule has 0 aliphatic heterocycles. The van der Waals surface area contributed by atoms with Gasteiger partial charge in [-0.2, -0.15) is 8.78 Å². The van der Waals surface area contributed by atoms with Gasteiger partial charge in [-0.15, -0.1) is 0 Å². The summed E-state index contributed by atoms with van der Waals surface area (Å²) in [5, 5.41) is 15.1. The first-order valence-corrected chi connectivity index (χ1v) is 13.0. The predicted molar refractivity (Wildman–Crippen MR) is 144 cm³/mol. The third-order valence-corrected chi connectivity index (χ3v) is 7.23. The molecule has 0 aliphatic rings. The average molecular weight is 541 g/mol. The molecule has 0 aromatic heterocycles. The van der Waals surface area contributed by atoms with Gasteiger partial charge in [-0.3, -0.25) is 4.79 Å². The Kier molecular flexibility index (Phi) is 10.1. The van der Waals surface area contributed by atoms with Gasteiger partial charge in [0.1, 0.15) is 11.5 Å². The molecule has 212 valence electrons. The molecule has 0 aliphatic carbocycles. The Morgan fingerprint density at radius 2 is 1.61 bits per heavy atom. The molecule has 0 radical (unpaired) electrons. The number of anilines is 2. The molecule has 1 amide bonds. The molecule has 2 aromatic carbocycles. The van der Waals surface area contributed by atoms with E-state index in [4.69, 9.17) is 4.74 Å². The maximum Gasteiger partial charge on any atom is 0.383 e. The average Bonchev–Trinajstić information content (AvgIpc) is 2.85. The third kappa shape index (κ3) is 7.32. The summed E-state index contributed by atoms with van der Waals surface area (Å²) in [6.45, 7) is 15.0. The van der Waals surface area contributed by atoms with Gasteiger partial charge in [-0.05, 0) is 47.4 Å². The van der Waals surface area contributed by atoms with Gasteiger partial charge in [0.05, 0.1) is 5.69 Å². The lowest BCUT2D eigenvalue weighted by Crippen LogP contribution is -2.41. The van der Waals surface area contributed by atoms with Crippen LogP contribution in [0.25, 0.3) is 0 Å². The van der Waals surface area contributed by atoms with Crippen molar-refractivity contribution < 1.29 is 32.2 Å². The van der Waals surface area contributed by atoms with Crippen molar-refractivity contribution in [1.29, 1.82) is 0 Å². The van der Waals surface area contributed by atoms with E-state index in [0.29, 0.717) is 12.1 Å². The highest BCUT2D eigenvalue weighted by Crippen LogP contribution is 2.39. The standard InChI is InChI=1S/C29H40F4N2O3/c1-8-11-24(34-19-13-14-21(22(36)17-19)35-26(37)29(32,33)25(30)31)38-23-15-12-18(27(4,5)9-2)16-20(23)28(6,7)10-3/h12-17,24-25,34,36H,8-11H2,1-7H3,(H,35,37). The van der Waals surface area contributed by atoms with Crippen molar-refractivity contribution >= 4 is 17.3 Å². The first-order chi connectivity index (χ1) is 17.6. The van der Waals surface area contributed by atoms with Crippen LogP contribution in [-0.4, -0.2) is 29.6 Å². The number of carbonyl (C=O) groups is 1. The van der Waals surface area contributed by atoms with Crippen LogP contribution in [0.4, 0.5) is 28.9 Å². The highest BCUT2D eigenvalue weighted by atomic mass is 19.3. The number of hydrogen-bond acceptors (Lipinski definition) is 4. The molecular formula is C29H40F4N2O3. The van der Waals surface area contributed by atoms with E-state index >= 15 is 0 Å². The molecule has 2 aromatic rings. The van der Waals surface area contributed by atoms with E-state index in [9.17, 15) is 27.5 Å². The van der Waals surface area contributed by atoms with E-state index in [-0.39, 0.29) is 10.8 Å². The quantitative estimate of drug-likeness (QED) is 0.136. The van der Waals surface area contributed by atoms with Crippen LogP contribution in [-0.2, 0) is 15.6 Å². The van der Waals surface area contributed by atoms with Crippen molar-refractivity contribution in [3.05, 3.63) is 47.5 Å². The molecule has 0 fully saturated rings. The SMILES string of the molecule is CCCC(Nc1ccc(NC(=O)C(F)(F)C(F)F)c(O)c1)Oc1ccc(C(C)(C)CC)cc1C(C)(C)CC. The van der Waals surface area contributed by atoms with E-state index in [1.807, 2.05) is 13.0 Å². The third-order valence-electron chi connectivity index (χ3n) is 7.23. The van der Waals surface area contributed by atoms with Gasteiger partial charge < -0.3 is 20.5 Å². The van der Waals surface area contributed by atoms with Crippen LogP contribution in [0.15, 0.2) is 36.4 Å². The summed E-state index contributed by atoms with van der Waals surface area (Å²) in [6, 6.07) is 10.1. The van der Waals surface area contributed by atoms with Gasteiger partial charge in [0, 0.05) is 23.7 Å². The van der Waals surface area contributed by atoms with E-state index in [0.717, 1.165) is 36.6 Å². The van der Waals surface area contributed by atoms with Crippen LogP contribution in [0.1, 0.15) is 85.3 Å². The lowest BCUT2D eigenvalue weighted by molar-refractivity contribution is -0.163. The second-order valence-corrected chi connectivity index (χ2v) is 10.8. The number of ether oxygens (including phenoxy) is 1. The zero-order chi connectivity index (χ0) is 28.9. The number of benzene rings is 2. The molecule has 0 saturated heterocycles. The summed E-state index contributed by atoms with van der Waals surface area (Å²) in [7, 11) is 0. The second-order valence-electron chi connectivity index (χ2n) is 10.8. The van der Waals surface area contributed by atoms with E-state index in [1.165, 1.54) is 17.7 Å². The summed E-state index contributed by atoms with van der Waals surface area (Å²) < 4.78 is 57.9. The molecule has 3 N–H and O–H groups in total. The Hall–Kier alpha value is -2.97. The van der Waals surface area contributed by atoms with Gasteiger partial charge in [0.15, 0.2) is 6.23 Å². The van der Waals surface area contributed by atoms with Crippen LogP contribution in [0.2, 0.25) is 0 Å². The fourth-order valence-corrected chi connectivity index (χ4v) is 3.77. The van der Waals surface area contributed by atoms with Crippen molar-refractivity contribution in [2.24, 2.45) is 0 Å². The van der Waals surface area contributed by atoms with Crippen molar-refractivity contribution in [2.45, 2.75) is 104 Å². The maximum atomic E-state index is 13.3. The van der Waals surface area contributed by atoms with Crippen LogP contribution < -0.4 is 15.4 Å². The number of phenols is 1. The number of phenolic OH excluding ortho intramolecular Hbond substituents is 1. The van der Waals surface area contributed by atoms with E-state index in [2.05, 4.69) is 59.0 Å². The molecular weight excluding hydrogens is 500 g/mol. The Labute approximate surface area is 223 Å². The van der Waals surface area contributed by atoms with Gasteiger partial charge in [0.2, 0.25) is 0 Å². The van der Waals surface area contributed by atoms with Crippen LogP contribution in [0.5, 0.6) is 11.5 Å². The lowest BCUT2D eigenvalue weighted by Gasteiger charge is -2.32. The minimum absolute atomic E-state index is 0.00609. The van der Waals surface area contributed by atoms with Crippen molar-refractivity contribution in [1.82, 2.24) is 0 Å². The normalized spacial score (nSPS) is 13.4. The van der Waals surface area contributed by atoms with Crippen LogP contribution in [0.3, 0.4) is 0 Å². The van der Waals surface area contributed by atoms with Gasteiger partial charge in [-0.1, -0.05) is 67.0 Å². The Morgan fingerprint density at radius 3 is 2.13 bits per heavy atom. The molecule has 0 bridgehead atoms. The number of amides is 1. The molecule has 1 unspecified atom stereocenters. The zero-order valence-corrected chi connectivity index (χ0v) is 23.2. The zero-order valence-electron chi connectivity index (χ0n) is 23.2. The summed E-state index contributed by atoms with van der Waals surface area (Å²) in [6.07, 6.45) is -1.36. The highest BCUT2D eigenvalue weighted by molar-refractivity contribution is 5.97. The summed E-state index contributed by atoms with van der Waals surface area (Å²) >= 11 is 0. The smallest absolute Gasteiger partial charge is 0.383 e. The predicted octanol–water partition coefficient (Wildman–Crippen LogP) is 8.22. The molecule has 0 heterocycles. The second kappa shape index (κ2) is 12.3. The van der Waals surface area contributed by atoms with Gasteiger partial charge in [-0.25, -0.2) is 8.78 Å².